The van der Waals surface area contributed by atoms with E-state index in [4.69, 9.17) is 0 Å². The van der Waals surface area contributed by atoms with Crippen LogP contribution in [0.2, 0.25) is 0 Å². The lowest BCUT2D eigenvalue weighted by Gasteiger charge is -2.09. The molecule has 0 aliphatic heterocycles. The summed E-state index contributed by atoms with van der Waals surface area (Å²) in [6, 6.07) is 17.4. The number of nitrogens with one attached hydrogen (secondary N) is 1. The Morgan fingerprint density at radius 2 is 1.82 bits per heavy atom. The van der Waals surface area contributed by atoms with Gasteiger partial charge in [0.1, 0.15) is 6.04 Å². The summed E-state index contributed by atoms with van der Waals surface area (Å²) in [5.74, 6) is -0.870. The minimum atomic E-state index is -0.870. The normalized spacial score (nSPS) is 12.4. The summed E-state index contributed by atoms with van der Waals surface area (Å²) >= 11 is 0. The van der Waals surface area contributed by atoms with Crippen LogP contribution in [0.25, 0.3) is 10.9 Å². The van der Waals surface area contributed by atoms with E-state index in [-0.39, 0.29) is 0 Å². The summed E-state index contributed by atoms with van der Waals surface area (Å²) in [5.41, 5.74) is 3.02. The average molecular weight is 294 g/mol. The van der Waals surface area contributed by atoms with Gasteiger partial charge in [0.15, 0.2) is 0 Å². The lowest BCUT2D eigenvalue weighted by molar-refractivity contribution is -0.139. The van der Waals surface area contributed by atoms with Crippen molar-refractivity contribution in [2.75, 3.05) is 7.05 Å². The number of fused-ring (bicyclic) bond motifs is 1. The summed E-state index contributed by atoms with van der Waals surface area (Å²) in [4.78, 5) is 11.5. The van der Waals surface area contributed by atoms with Crippen LogP contribution in [0.3, 0.4) is 0 Å². The Bertz CT molecular complexity index is 793. The Balaban J connectivity index is 2.10. The van der Waals surface area contributed by atoms with Gasteiger partial charge in [-0.05, 0) is 18.7 Å². The van der Waals surface area contributed by atoms with E-state index in [1.807, 2.05) is 48.7 Å². The van der Waals surface area contributed by atoms with Crippen molar-refractivity contribution in [1.82, 2.24) is 9.88 Å². The summed E-state index contributed by atoms with van der Waals surface area (Å²) in [6.07, 6.45) is 1.94. The lowest BCUT2D eigenvalue weighted by atomic mass is 10.1. The van der Waals surface area contributed by atoms with Gasteiger partial charge in [0, 0.05) is 29.2 Å². The van der Waals surface area contributed by atoms with Gasteiger partial charge in [0.2, 0.25) is 0 Å². The molecule has 0 saturated heterocycles. The first-order chi connectivity index (χ1) is 10.7. The molecule has 2 aromatic carbocycles. The number of benzene rings is 2. The molecule has 1 atom stereocenters. The van der Waals surface area contributed by atoms with Crippen LogP contribution in [0.4, 0.5) is 0 Å². The SMILES string of the molecule is CNC(C(=O)O)c1cn(Cc2ccccc2)c2ccccc12. The molecule has 1 aromatic heterocycles. The topological polar surface area (TPSA) is 54.3 Å². The summed E-state index contributed by atoms with van der Waals surface area (Å²) in [6.45, 7) is 0.720. The first-order valence-electron chi connectivity index (χ1n) is 7.22. The summed E-state index contributed by atoms with van der Waals surface area (Å²) < 4.78 is 2.10. The van der Waals surface area contributed by atoms with Crippen molar-refractivity contribution < 1.29 is 9.90 Å². The lowest BCUT2D eigenvalue weighted by Crippen LogP contribution is -2.24. The quantitative estimate of drug-likeness (QED) is 0.760. The number of rotatable bonds is 5. The Morgan fingerprint density at radius 3 is 2.50 bits per heavy atom. The van der Waals surface area contributed by atoms with Crippen molar-refractivity contribution in [3.05, 3.63) is 71.9 Å². The molecule has 3 rings (SSSR count). The molecule has 0 spiro atoms. The highest BCUT2D eigenvalue weighted by atomic mass is 16.4. The Labute approximate surface area is 129 Å². The monoisotopic (exact) mass is 294 g/mol. The Morgan fingerprint density at radius 1 is 1.14 bits per heavy atom. The van der Waals surface area contributed by atoms with E-state index in [9.17, 15) is 9.90 Å². The highest BCUT2D eigenvalue weighted by Gasteiger charge is 2.22. The van der Waals surface area contributed by atoms with E-state index in [1.165, 1.54) is 5.56 Å². The fourth-order valence-electron chi connectivity index (χ4n) is 2.83. The number of carboxylic acid groups (broad SMARTS) is 1. The number of aromatic nitrogens is 1. The fourth-order valence-corrected chi connectivity index (χ4v) is 2.83. The Hall–Kier alpha value is -2.59. The van der Waals surface area contributed by atoms with Crippen LogP contribution in [-0.2, 0) is 11.3 Å². The molecule has 0 fully saturated rings. The number of hydrogen-bond donors (Lipinski definition) is 2. The minimum absolute atomic E-state index is 0.707. The zero-order valence-corrected chi connectivity index (χ0v) is 12.4. The second kappa shape index (κ2) is 6.03. The van der Waals surface area contributed by atoms with Crippen molar-refractivity contribution in [3.8, 4) is 0 Å². The molecule has 1 unspecified atom stereocenters. The second-order valence-corrected chi connectivity index (χ2v) is 5.28. The smallest absolute Gasteiger partial charge is 0.325 e. The standard InChI is InChI=1S/C18H18N2O2/c1-19-17(18(21)22)15-12-20(11-13-7-3-2-4-8-13)16-10-6-5-9-14(15)16/h2-10,12,17,19H,11H2,1H3,(H,21,22). The van der Waals surface area contributed by atoms with Gasteiger partial charge in [-0.3, -0.25) is 4.79 Å². The zero-order valence-electron chi connectivity index (χ0n) is 12.4. The third kappa shape index (κ3) is 2.61. The maximum Gasteiger partial charge on any atom is 0.325 e. The molecule has 2 N–H and O–H groups in total. The van der Waals surface area contributed by atoms with E-state index in [0.717, 1.165) is 23.0 Å². The molecule has 0 bridgehead atoms. The van der Waals surface area contributed by atoms with Gasteiger partial charge in [-0.25, -0.2) is 0 Å². The molecule has 4 nitrogen and oxygen atoms in total. The van der Waals surface area contributed by atoms with Gasteiger partial charge in [-0.1, -0.05) is 48.5 Å². The van der Waals surface area contributed by atoms with E-state index >= 15 is 0 Å². The molecule has 3 aromatic rings. The first-order valence-corrected chi connectivity index (χ1v) is 7.22. The van der Waals surface area contributed by atoms with Gasteiger partial charge < -0.3 is 15.0 Å². The third-order valence-corrected chi connectivity index (χ3v) is 3.86. The molecule has 22 heavy (non-hydrogen) atoms. The van der Waals surface area contributed by atoms with E-state index in [2.05, 4.69) is 22.0 Å². The number of carboxylic acids is 1. The molecule has 112 valence electrons. The summed E-state index contributed by atoms with van der Waals surface area (Å²) in [5, 5.41) is 13.3. The fraction of sp³-hybridized carbons (Fsp3) is 0.167. The predicted octanol–water partition coefficient (Wildman–Crippen LogP) is 3.03. The maximum absolute atomic E-state index is 11.5. The molecular weight excluding hydrogens is 276 g/mol. The van der Waals surface area contributed by atoms with Crippen LogP contribution >= 0.6 is 0 Å². The molecule has 0 amide bonds. The highest BCUT2D eigenvalue weighted by molar-refractivity contribution is 5.89. The number of carbonyl (C=O) groups is 1. The van der Waals surface area contributed by atoms with Crippen LogP contribution in [-0.4, -0.2) is 22.7 Å². The second-order valence-electron chi connectivity index (χ2n) is 5.28. The van der Waals surface area contributed by atoms with Crippen LogP contribution in [0, 0.1) is 0 Å². The zero-order chi connectivity index (χ0) is 15.5. The molecule has 0 radical (unpaired) electrons. The summed E-state index contributed by atoms with van der Waals surface area (Å²) in [7, 11) is 1.67. The van der Waals surface area contributed by atoms with Gasteiger partial charge in [-0.2, -0.15) is 0 Å². The van der Waals surface area contributed by atoms with Crippen LogP contribution in [0.5, 0.6) is 0 Å². The number of aliphatic carboxylic acids is 1. The van der Waals surface area contributed by atoms with Crippen molar-refractivity contribution in [2.45, 2.75) is 12.6 Å². The Kier molecular flexibility index (Phi) is 3.94. The minimum Gasteiger partial charge on any atom is -0.480 e. The van der Waals surface area contributed by atoms with E-state index < -0.39 is 12.0 Å². The van der Waals surface area contributed by atoms with E-state index in [0.29, 0.717) is 0 Å². The van der Waals surface area contributed by atoms with Crippen molar-refractivity contribution in [1.29, 1.82) is 0 Å². The number of nitrogens with zero attached hydrogens (tertiary/aromatic N) is 1. The van der Waals surface area contributed by atoms with Gasteiger partial charge >= 0.3 is 5.97 Å². The molecule has 0 aliphatic rings. The number of hydrogen-bond acceptors (Lipinski definition) is 2. The third-order valence-electron chi connectivity index (χ3n) is 3.86. The van der Waals surface area contributed by atoms with Gasteiger partial charge in [0.05, 0.1) is 0 Å². The number of para-hydroxylation sites is 1. The van der Waals surface area contributed by atoms with Crippen LogP contribution in [0.1, 0.15) is 17.2 Å². The van der Waals surface area contributed by atoms with Crippen LogP contribution in [0.15, 0.2) is 60.8 Å². The first kappa shape index (κ1) is 14.4. The predicted molar refractivity (Wildman–Crippen MR) is 86.9 cm³/mol. The molecular formula is C18H18N2O2. The molecule has 1 heterocycles. The van der Waals surface area contributed by atoms with Gasteiger partial charge in [0.25, 0.3) is 0 Å². The van der Waals surface area contributed by atoms with Crippen LogP contribution < -0.4 is 5.32 Å². The number of likely N-dealkylation sites (N-methyl/N-ethyl adjacent to an activating group) is 1. The van der Waals surface area contributed by atoms with Gasteiger partial charge in [-0.15, -0.1) is 0 Å². The van der Waals surface area contributed by atoms with E-state index in [1.54, 1.807) is 7.05 Å². The average Bonchev–Trinajstić information content (AvgIpc) is 2.88. The van der Waals surface area contributed by atoms with Crippen molar-refractivity contribution in [2.24, 2.45) is 0 Å². The largest absolute Gasteiger partial charge is 0.480 e. The van der Waals surface area contributed by atoms with Crippen molar-refractivity contribution >= 4 is 16.9 Å². The molecule has 4 heteroatoms. The highest BCUT2D eigenvalue weighted by Crippen LogP contribution is 2.27. The van der Waals surface area contributed by atoms with Crippen molar-refractivity contribution in [3.63, 3.8) is 0 Å². The molecule has 0 aliphatic carbocycles. The maximum atomic E-state index is 11.5. The molecule has 0 saturated carbocycles.